The molecule has 0 radical (unpaired) electrons. The maximum Gasteiger partial charge on any atom is 0.332 e. The van der Waals surface area contributed by atoms with Crippen LogP contribution in [0, 0.1) is 17.8 Å². The van der Waals surface area contributed by atoms with E-state index in [0.29, 0.717) is 36.3 Å². The fourth-order valence-electron chi connectivity index (χ4n) is 4.73. The van der Waals surface area contributed by atoms with Crippen molar-refractivity contribution in [1.29, 1.82) is 0 Å². The van der Waals surface area contributed by atoms with Gasteiger partial charge in [0.2, 0.25) is 5.95 Å². The predicted molar refractivity (Wildman–Crippen MR) is 141 cm³/mol. The zero-order valence-corrected chi connectivity index (χ0v) is 21.3. The summed E-state index contributed by atoms with van der Waals surface area (Å²) in [5.41, 5.74) is 5.93. The maximum atomic E-state index is 13.7. The fourth-order valence-corrected chi connectivity index (χ4v) is 4.73. The summed E-state index contributed by atoms with van der Waals surface area (Å²) in [6, 6.07) is 6.88. The first kappa shape index (κ1) is 24.8. The number of carbonyl (C=O) groups excluding carboxylic acids is 1. The summed E-state index contributed by atoms with van der Waals surface area (Å²) in [5, 5.41) is 0. The van der Waals surface area contributed by atoms with Crippen molar-refractivity contribution >= 4 is 22.9 Å². The molecule has 0 spiro atoms. The lowest BCUT2D eigenvalue weighted by atomic mass is 10.1. The number of anilines is 1. The van der Waals surface area contributed by atoms with E-state index >= 15 is 0 Å². The van der Waals surface area contributed by atoms with Gasteiger partial charge in [-0.1, -0.05) is 18.1 Å². The molecule has 0 amide bonds. The SMILES string of the molecule is CC#CCn1c(N2CCC[C@@H](N)C2)nc2c1c(=O)n(CC(=O)c1cccc(OCC3CC3)c1)c(=O)n2C. The van der Waals surface area contributed by atoms with E-state index < -0.39 is 11.2 Å². The molecule has 1 aliphatic heterocycles. The summed E-state index contributed by atoms with van der Waals surface area (Å²) >= 11 is 0. The quantitative estimate of drug-likeness (QED) is 0.365. The molecule has 194 valence electrons. The summed E-state index contributed by atoms with van der Waals surface area (Å²) in [4.78, 5) is 46.8. The van der Waals surface area contributed by atoms with Crippen LogP contribution in [-0.2, 0) is 20.1 Å². The van der Waals surface area contributed by atoms with E-state index in [1.54, 1.807) is 42.8 Å². The standard InChI is InChI=1S/C27H32N6O4/c1-3-4-13-32-23-24(29-26(32)31-12-6-8-20(28)15-31)30(2)27(36)33(25(23)35)16-22(34)19-7-5-9-21(14-19)37-17-18-10-11-18/h5,7,9,14,18,20H,6,8,10-13,15-17,28H2,1-2H3/t20-/m1/s1. The minimum absolute atomic E-state index is 0.00129. The van der Waals surface area contributed by atoms with Gasteiger partial charge in [-0.2, -0.15) is 4.98 Å². The highest BCUT2D eigenvalue weighted by Crippen LogP contribution is 2.29. The molecule has 1 saturated carbocycles. The molecule has 5 rings (SSSR count). The van der Waals surface area contributed by atoms with Crippen LogP contribution in [0.25, 0.3) is 11.2 Å². The third-order valence-electron chi connectivity index (χ3n) is 7.01. The van der Waals surface area contributed by atoms with Crippen molar-refractivity contribution in [3.05, 3.63) is 50.7 Å². The van der Waals surface area contributed by atoms with Gasteiger partial charge >= 0.3 is 5.69 Å². The molecule has 0 bridgehead atoms. The number of fused-ring (bicyclic) bond motifs is 1. The Morgan fingerprint density at radius 3 is 2.76 bits per heavy atom. The number of piperidine rings is 1. The summed E-state index contributed by atoms with van der Waals surface area (Å²) in [5.74, 6) is 7.27. The van der Waals surface area contributed by atoms with Gasteiger partial charge in [0.25, 0.3) is 5.56 Å². The molecule has 2 fully saturated rings. The van der Waals surface area contributed by atoms with Crippen LogP contribution in [0.4, 0.5) is 5.95 Å². The largest absolute Gasteiger partial charge is 0.493 e. The van der Waals surface area contributed by atoms with Crippen molar-refractivity contribution in [2.24, 2.45) is 18.7 Å². The average Bonchev–Trinajstić information content (AvgIpc) is 3.65. The first-order valence-corrected chi connectivity index (χ1v) is 12.7. The molecule has 2 aromatic heterocycles. The summed E-state index contributed by atoms with van der Waals surface area (Å²) in [6.07, 6.45) is 4.16. The van der Waals surface area contributed by atoms with E-state index in [0.717, 1.165) is 24.0 Å². The number of nitrogens with zero attached hydrogens (tertiary/aromatic N) is 5. The molecule has 10 nitrogen and oxygen atoms in total. The van der Waals surface area contributed by atoms with Crippen LogP contribution in [0.1, 0.15) is 43.0 Å². The van der Waals surface area contributed by atoms with Gasteiger partial charge in [-0.3, -0.25) is 23.3 Å². The number of ketones is 1. The molecule has 37 heavy (non-hydrogen) atoms. The molecule has 0 unspecified atom stereocenters. The molecule has 1 aromatic carbocycles. The highest BCUT2D eigenvalue weighted by Gasteiger charge is 2.27. The maximum absolute atomic E-state index is 13.7. The zero-order valence-electron chi connectivity index (χ0n) is 21.3. The zero-order chi connectivity index (χ0) is 26.1. The lowest BCUT2D eigenvalue weighted by Crippen LogP contribution is -2.44. The van der Waals surface area contributed by atoms with Crippen LogP contribution in [0.15, 0.2) is 33.9 Å². The van der Waals surface area contributed by atoms with Crippen molar-refractivity contribution in [2.45, 2.75) is 51.7 Å². The van der Waals surface area contributed by atoms with Gasteiger partial charge in [0.1, 0.15) is 5.75 Å². The molecule has 10 heteroatoms. The molecule has 3 heterocycles. The van der Waals surface area contributed by atoms with E-state index in [1.165, 1.54) is 17.4 Å². The minimum atomic E-state index is -0.597. The normalized spacial score (nSPS) is 17.5. The topological polar surface area (TPSA) is 117 Å². The first-order chi connectivity index (χ1) is 17.9. The van der Waals surface area contributed by atoms with Crippen LogP contribution >= 0.6 is 0 Å². The molecule has 2 N–H and O–H groups in total. The van der Waals surface area contributed by atoms with Crippen molar-refractivity contribution in [1.82, 2.24) is 18.7 Å². The smallest absolute Gasteiger partial charge is 0.332 e. The number of hydrogen-bond donors (Lipinski definition) is 1. The van der Waals surface area contributed by atoms with Gasteiger partial charge in [-0.25, -0.2) is 4.79 Å². The van der Waals surface area contributed by atoms with Crippen molar-refractivity contribution < 1.29 is 9.53 Å². The predicted octanol–water partition coefficient (Wildman–Crippen LogP) is 1.52. The number of nitrogens with two attached hydrogens (primary N) is 1. The Labute approximate surface area is 214 Å². The molecule has 1 atom stereocenters. The number of aromatic nitrogens is 4. The first-order valence-electron chi connectivity index (χ1n) is 12.7. The van der Waals surface area contributed by atoms with Crippen molar-refractivity contribution in [3.8, 4) is 17.6 Å². The molecule has 2 aliphatic rings. The average molecular weight is 505 g/mol. The highest BCUT2D eigenvalue weighted by molar-refractivity contribution is 5.96. The number of Topliss-reactive ketones (excluding diaryl/α,β-unsaturated/α-hetero) is 1. The number of benzene rings is 1. The Balaban J connectivity index is 1.53. The van der Waals surface area contributed by atoms with Crippen LogP contribution in [0.2, 0.25) is 0 Å². The van der Waals surface area contributed by atoms with Crippen LogP contribution in [0.5, 0.6) is 5.75 Å². The Hall–Kier alpha value is -3.84. The lowest BCUT2D eigenvalue weighted by molar-refractivity contribution is 0.0968. The van der Waals surface area contributed by atoms with Gasteiger partial charge in [-0.05, 0) is 50.7 Å². The second-order valence-corrected chi connectivity index (χ2v) is 9.88. The van der Waals surface area contributed by atoms with E-state index in [-0.39, 0.29) is 36.1 Å². The number of carbonyl (C=O) groups is 1. The monoisotopic (exact) mass is 504 g/mol. The summed E-state index contributed by atoms with van der Waals surface area (Å²) in [6.45, 7) is 3.55. The van der Waals surface area contributed by atoms with Gasteiger partial charge in [0, 0.05) is 31.7 Å². The third kappa shape index (κ3) is 5.04. The Bertz CT molecular complexity index is 1520. The lowest BCUT2D eigenvalue weighted by Gasteiger charge is -2.31. The van der Waals surface area contributed by atoms with Crippen LogP contribution < -0.4 is 26.6 Å². The summed E-state index contributed by atoms with van der Waals surface area (Å²) in [7, 11) is 1.56. The molecule has 1 saturated heterocycles. The highest BCUT2D eigenvalue weighted by atomic mass is 16.5. The van der Waals surface area contributed by atoms with Crippen LogP contribution in [-0.4, -0.2) is 50.2 Å². The van der Waals surface area contributed by atoms with Gasteiger partial charge in [-0.15, -0.1) is 5.92 Å². The van der Waals surface area contributed by atoms with Crippen molar-refractivity contribution in [2.75, 3.05) is 24.6 Å². The number of aryl methyl sites for hydroxylation is 1. The molecular formula is C27H32N6O4. The Morgan fingerprint density at radius 2 is 2.03 bits per heavy atom. The number of rotatable bonds is 8. The van der Waals surface area contributed by atoms with Gasteiger partial charge in [0.05, 0.1) is 19.7 Å². The van der Waals surface area contributed by atoms with Gasteiger partial charge < -0.3 is 15.4 Å². The summed E-state index contributed by atoms with van der Waals surface area (Å²) < 4.78 is 9.83. The van der Waals surface area contributed by atoms with E-state index in [2.05, 4.69) is 16.8 Å². The molecule has 1 aliphatic carbocycles. The second-order valence-electron chi connectivity index (χ2n) is 9.88. The fraction of sp³-hybridized carbons (Fsp3) is 0.481. The Morgan fingerprint density at radius 1 is 1.22 bits per heavy atom. The Kier molecular flexibility index (Phi) is 6.89. The molecular weight excluding hydrogens is 472 g/mol. The number of imidazole rings is 1. The molecule has 3 aromatic rings. The van der Waals surface area contributed by atoms with Crippen LogP contribution in [0.3, 0.4) is 0 Å². The third-order valence-corrected chi connectivity index (χ3v) is 7.01. The number of hydrogen-bond acceptors (Lipinski definition) is 7. The van der Waals surface area contributed by atoms with E-state index in [1.807, 2.05) is 4.90 Å². The number of ether oxygens (including phenoxy) is 1. The van der Waals surface area contributed by atoms with Crippen molar-refractivity contribution in [3.63, 3.8) is 0 Å². The van der Waals surface area contributed by atoms with Gasteiger partial charge in [0.15, 0.2) is 16.9 Å². The second kappa shape index (κ2) is 10.3. The van der Waals surface area contributed by atoms with E-state index in [4.69, 9.17) is 10.5 Å². The van der Waals surface area contributed by atoms with E-state index in [9.17, 15) is 14.4 Å². The minimum Gasteiger partial charge on any atom is -0.493 e.